The molecule has 2 aromatic rings. The molecule has 3 heteroatoms. The average Bonchev–Trinajstić information content (AvgIpc) is 2.45. The van der Waals surface area contributed by atoms with Crippen LogP contribution in [0.5, 0.6) is 5.75 Å². The van der Waals surface area contributed by atoms with Crippen molar-refractivity contribution in [3.05, 3.63) is 42.0 Å². The summed E-state index contributed by atoms with van der Waals surface area (Å²) < 4.78 is 0. The highest BCUT2D eigenvalue weighted by atomic mass is 16.3. The summed E-state index contributed by atoms with van der Waals surface area (Å²) in [5.74, 6) is 0.208. The van der Waals surface area contributed by atoms with Gasteiger partial charge in [0.05, 0.1) is 5.56 Å². The number of rotatable bonds is 4. The average molecular weight is 271 g/mol. The number of benzene rings is 2. The van der Waals surface area contributed by atoms with Gasteiger partial charge in [-0.1, -0.05) is 44.5 Å². The monoisotopic (exact) mass is 271 g/mol. The third-order valence-corrected chi connectivity index (χ3v) is 3.96. The fourth-order valence-corrected chi connectivity index (χ4v) is 2.19. The van der Waals surface area contributed by atoms with E-state index in [9.17, 15) is 9.90 Å². The van der Waals surface area contributed by atoms with Gasteiger partial charge in [0.15, 0.2) is 0 Å². The van der Waals surface area contributed by atoms with Gasteiger partial charge < -0.3 is 10.4 Å². The Morgan fingerprint density at radius 3 is 2.40 bits per heavy atom. The van der Waals surface area contributed by atoms with E-state index in [0.29, 0.717) is 11.5 Å². The Morgan fingerprint density at radius 2 is 1.80 bits per heavy atom. The van der Waals surface area contributed by atoms with E-state index < -0.39 is 0 Å². The predicted octanol–water partition coefficient (Wildman–Crippen LogP) is 3.71. The van der Waals surface area contributed by atoms with E-state index in [2.05, 4.69) is 19.2 Å². The molecule has 1 amide bonds. The maximum absolute atomic E-state index is 12.3. The Balaban J connectivity index is 2.28. The number of phenolic OH excluding ortho intramolecular Hbond substituents is 1. The summed E-state index contributed by atoms with van der Waals surface area (Å²) in [7, 11) is 0. The first-order valence-electron chi connectivity index (χ1n) is 7.05. The summed E-state index contributed by atoms with van der Waals surface area (Å²) in [4.78, 5) is 12.3. The van der Waals surface area contributed by atoms with Gasteiger partial charge in [0.25, 0.3) is 5.91 Å². The number of amides is 1. The van der Waals surface area contributed by atoms with E-state index >= 15 is 0 Å². The van der Waals surface area contributed by atoms with Crippen LogP contribution in [0.3, 0.4) is 0 Å². The number of carbonyl (C=O) groups is 1. The molecule has 0 aromatic heterocycles. The van der Waals surface area contributed by atoms with Crippen molar-refractivity contribution in [3.8, 4) is 5.75 Å². The molecule has 0 saturated carbocycles. The molecule has 0 saturated heterocycles. The van der Waals surface area contributed by atoms with Gasteiger partial charge in [-0.05, 0) is 35.7 Å². The zero-order valence-electron chi connectivity index (χ0n) is 12.2. The number of hydrogen-bond donors (Lipinski definition) is 2. The number of aromatic hydroxyl groups is 1. The smallest absolute Gasteiger partial charge is 0.255 e. The van der Waals surface area contributed by atoms with E-state index in [1.54, 1.807) is 12.1 Å². The lowest BCUT2D eigenvalue weighted by atomic mass is 10.00. The number of nitrogens with one attached hydrogen (secondary N) is 1. The first-order chi connectivity index (χ1) is 9.52. The van der Waals surface area contributed by atoms with Gasteiger partial charge in [0.2, 0.25) is 0 Å². The van der Waals surface area contributed by atoms with Crippen LogP contribution in [0, 0.1) is 5.92 Å². The standard InChI is InChI=1S/C17H21NO2/c1-4-11(2)12(3)18-17(20)15-9-13-7-5-6-8-14(13)10-16(15)19/h5-12,19H,4H2,1-3H3,(H,18,20). The van der Waals surface area contributed by atoms with Crippen LogP contribution in [0.15, 0.2) is 36.4 Å². The van der Waals surface area contributed by atoms with Crippen molar-refractivity contribution in [3.63, 3.8) is 0 Å². The van der Waals surface area contributed by atoms with Crippen LogP contribution in [0.4, 0.5) is 0 Å². The van der Waals surface area contributed by atoms with Crippen LogP contribution in [-0.4, -0.2) is 17.1 Å². The van der Waals surface area contributed by atoms with Gasteiger partial charge in [0, 0.05) is 6.04 Å². The zero-order chi connectivity index (χ0) is 14.7. The van der Waals surface area contributed by atoms with E-state index in [1.165, 1.54) is 0 Å². The minimum atomic E-state index is -0.221. The number of carbonyl (C=O) groups excluding carboxylic acids is 1. The third-order valence-electron chi connectivity index (χ3n) is 3.96. The lowest BCUT2D eigenvalue weighted by Crippen LogP contribution is -2.36. The molecule has 20 heavy (non-hydrogen) atoms. The molecule has 106 valence electrons. The van der Waals surface area contributed by atoms with Crippen LogP contribution < -0.4 is 5.32 Å². The van der Waals surface area contributed by atoms with E-state index in [1.807, 2.05) is 31.2 Å². The summed E-state index contributed by atoms with van der Waals surface area (Å²) in [6.07, 6.45) is 1.01. The van der Waals surface area contributed by atoms with Crippen LogP contribution in [0.25, 0.3) is 10.8 Å². The fraction of sp³-hybridized carbons (Fsp3) is 0.353. The first-order valence-corrected chi connectivity index (χ1v) is 7.05. The molecule has 2 aromatic carbocycles. The number of fused-ring (bicyclic) bond motifs is 1. The molecule has 2 rings (SSSR count). The quantitative estimate of drug-likeness (QED) is 0.890. The van der Waals surface area contributed by atoms with Gasteiger partial charge in [-0.25, -0.2) is 0 Å². The maximum atomic E-state index is 12.3. The van der Waals surface area contributed by atoms with Crippen molar-refractivity contribution in [2.24, 2.45) is 5.92 Å². The molecule has 0 aliphatic rings. The highest BCUT2D eigenvalue weighted by Crippen LogP contribution is 2.25. The van der Waals surface area contributed by atoms with E-state index in [-0.39, 0.29) is 17.7 Å². The van der Waals surface area contributed by atoms with Gasteiger partial charge >= 0.3 is 0 Å². The van der Waals surface area contributed by atoms with Crippen LogP contribution >= 0.6 is 0 Å². The minimum absolute atomic E-state index is 0.0255. The molecule has 0 spiro atoms. The summed E-state index contributed by atoms with van der Waals surface area (Å²) in [5.41, 5.74) is 0.332. The van der Waals surface area contributed by atoms with Gasteiger partial charge in [-0.15, -0.1) is 0 Å². The van der Waals surface area contributed by atoms with Gasteiger partial charge in [-0.3, -0.25) is 4.79 Å². The summed E-state index contributed by atoms with van der Waals surface area (Å²) in [6.45, 7) is 6.19. The second-order valence-electron chi connectivity index (χ2n) is 5.36. The normalized spacial score (nSPS) is 13.9. The predicted molar refractivity (Wildman–Crippen MR) is 82.0 cm³/mol. The molecule has 0 bridgehead atoms. The maximum Gasteiger partial charge on any atom is 0.255 e. The molecule has 0 radical (unpaired) electrons. The molecule has 2 N–H and O–H groups in total. The summed E-state index contributed by atoms with van der Waals surface area (Å²) in [6, 6.07) is 11.1. The van der Waals surface area contributed by atoms with Crippen molar-refractivity contribution in [1.82, 2.24) is 5.32 Å². The lowest BCUT2D eigenvalue weighted by molar-refractivity contribution is 0.0925. The topological polar surface area (TPSA) is 49.3 Å². The molecule has 2 unspecified atom stereocenters. The van der Waals surface area contributed by atoms with Crippen molar-refractivity contribution in [1.29, 1.82) is 0 Å². The second-order valence-corrected chi connectivity index (χ2v) is 5.36. The van der Waals surface area contributed by atoms with Crippen molar-refractivity contribution >= 4 is 16.7 Å². The van der Waals surface area contributed by atoms with Gasteiger partial charge in [-0.2, -0.15) is 0 Å². The first kappa shape index (κ1) is 14.4. The Bertz CT molecular complexity index is 621. The molecule has 2 atom stereocenters. The molecule has 0 aliphatic heterocycles. The molecule has 0 aliphatic carbocycles. The van der Waals surface area contributed by atoms with Gasteiger partial charge in [0.1, 0.15) is 5.75 Å². The Labute approximate surface area is 119 Å². The zero-order valence-corrected chi connectivity index (χ0v) is 12.2. The minimum Gasteiger partial charge on any atom is -0.507 e. The van der Waals surface area contributed by atoms with Crippen LogP contribution in [0.1, 0.15) is 37.6 Å². The molecular formula is C17H21NO2. The second kappa shape index (κ2) is 5.95. The van der Waals surface area contributed by atoms with Crippen LogP contribution in [-0.2, 0) is 0 Å². The van der Waals surface area contributed by atoms with Crippen LogP contribution in [0.2, 0.25) is 0 Å². The highest BCUT2D eigenvalue weighted by Gasteiger charge is 2.17. The fourth-order valence-electron chi connectivity index (χ4n) is 2.19. The Hall–Kier alpha value is -2.03. The third kappa shape index (κ3) is 2.93. The largest absolute Gasteiger partial charge is 0.507 e. The molecule has 3 nitrogen and oxygen atoms in total. The van der Waals surface area contributed by atoms with Crippen molar-refractivity contribution in [2.75, 3.05) is 0 Å². The summed E-state index contributed by atoms with van der Waals surface area (Å²) in [5, 5.41) is 14.9. The number of hydrogen-bond acceptors (Lipinski definition) is 2. The Morgan fingerprint density at radius 1 is 1.20 bits per heavy atom. The molecule has 0 heterocycles. The lowest BCUT2D eigenvalue weighted by Gasteiger charge is -2.20. The van der Waals surface area contributed by atoms with E-state index in [0.717, 1.165) is 17.2 Å². The summed E-state index contributed by atoms with van der Waals surface area (Å²) >= 11 is 0. The number of phenols is 1. The molecular weight excluding hydrogens is 250 g/mol. The Kier molecular flexibility index (Phi) is 4.28. The van der Waals surface area contributed by atoms with Crippen molar-refractivity contribution in [2.45, 2.75) is 33.2 Å². The molecule has 0 fully saturated rings. The van der Waals surface area contributed by atoms with E-state index in [4.69, 9.17) is 0 Å². The highest BCUT2D eigenvalue weighted by molar-refractivity contribution is 6.01. The van der Waals surface area contributed by atoms with Crippen molar-refractivity contribution < 1.29 is 9.90 Å². The SMILES string of the molecule is CCC(C)C(C)NC(=O)c1cc2ccccc2cc1O.